The number of allylic oxidation sites excluding steroid dienone is 2. The minimum absolute atomic E-state index is 1.17. The SMILES string of the molecule is CC.CC.CC1=N/C(=C(/c2ccccc2)c2[nH]c(C)c3c2CCCC3)C2=C1CCCC2. The standard InChI is InChI=1S/C25H28N2.2C2H6/c1-16-19-12-6-8-14-21(19)24(26-16)23(18-10-4-3-5-11-18)25-22-15-9-7-13-20(22)17(2)27-25;2*1-2/h3-5,10-11,26H,6-9,12-15H2,1-2H3;2*1-2H3/b25-23-;;. The third kappa shape index (κ3) is 4.49. The van der Waals surface area contributed by atoms with E-state index in [2.05, 4.69) is 49.2 Å². The van der Waals surface area contributed by atoms with E-state index in [9.17, 15) is 0 Å². The molecule has 2 aliphatic carbocycles. The van der Waals surface area contributed by atoms with E-state index in [0.29, 0.717) is 0 Å². The van der Waals surface area contributed by atoms with Gasteiger partial charge in [0, 0.05) is 17.0 Å². The summed E-state index contributed by atoms with van der Waals surface area (Å²) in [5.74, 6) is 0. The van der Waals surface area contributed by atoms with E-state index in [0.717, 1.165) is 0 Å². The fraction of sp³-hybridized carbons (Fsp3) is 0.483. The minimum atomic E-state index is 1.17. The van der Waals surface area contributed by atoms with Crippen LogP contribution in [0.25, 0.3) is 5.57 Å². The van der Waals surface area contributed by atoms with Crippen molar-refractivity contribution in [1.29, 1.82) is 0 Å². The van der Waals surface area contributed by atoms with Gasteiger partial charge in [0.05, 0.1) is 11.4 Å². The van der Waals surface area contributed by atoms with Crippen LogP contribution in [0.4, 0.5) is 0 Å². The Morgan fingerprint density at radius 2 is 1.32 bits per heavy atom. The normalized spacial score (nSPS) is 18.7. The second-order valence-electron chi connectivity index (χ2n) is 8.24. The van der Waals surface area contributed by atoms with E-state index in [1.54, 1.807) is 11.1 Å². The Labute approximate surface area is 189 Å². The van der Waals surface area contributed by atoms with Gasteiger partial charge in [0.1, 0.15) is 0 Å². The van der Waals surface area contributed by atoms with Crippen molar-refractivity contribution in [1.82, 2.24) is 4.98 Å². The molecule has 0 unspecified atom stereocenters. The summed E-state index contributed by atoms with van der Waals surface area (Å²) in [6.45, 7) is 12.4. The van der Waals surface area contributed by atoms with Gasteiger partial charge in [-0.25, -0.2) is 0 Å². The number of fused-ring (bicyclic) bond motifs is 1. The summed E-state index contributed by atoms with van der Waals surface area (Å²) < 4.78 is 0. The van der Waals surface area contributed by atoms with Gasteiger partial charge in [-0.1, -0.05) is 58.0 Å². The first kappa shape index (κ1) is 23.3. The van der Waals surface area contributed by atoms with Gasteiger partial charge in [-0.3, -0.25) is 4.99 Å². The lowest BCUT2D eigenvalue weighted by Gasteiger charge is -2.19. The zero-order valence-electron chi connectivity index (χ0n) is 20.5. The molecule has 0 radical (unpaired) electrons. The Kier molecular flexibility index (Phi) is 8.12. The molecule has 2 nitrogen and oxygen atoms in total. The number of aromatic nitrogens is 1. The number of benzene rings is 1. The zero-order valence-corrected chi connectivity index (χ0v) is 20.5. The average molecular weight is 417 g/mol. The van der Waals surface area contributed by atoms with Crippen LogP contribution in [0.2, 0.25) is 0 Å². The summed E-state index contributed by atoms with van der Waals surface area (Å²) in [6.07, 6.45) is 9.96. The third-order valence-corrected chi connectivity index (χ3v) is 6.55. The van der Waals surface area contributed by atoms with E-state index in [-0.39, 0.29) is 0 Å². The number of aromatic amines is 1. The molecule has 1 aromatic carbocycles. The molecule has 0 spiro atoms. The molecule has 5 rings (SSSR count). The molecule has 2 heteroatoms. The number of hydrogen-bond acceptors (Lipinski definition) is 1. The molecule has 2 heterocycles. The highest BCUT2D eigenvalue weighted by molar-refractivity contribution is 6.05. The van der Waals surface area contributed by atoms with Crippen LogP contribution in [-0.2, 0) is 12.8 Å². The highest BCUT2D eigenvalue weighted by atomic mass is 14.8. The molecule has 1 N–H and O–H groups in total. The summed E-state index contributed by atoms with van der Waals surface area (Å²) in [4.78, 5) is 8.94. The highest BCUT2D eigenvalue weighted by Crippen LogP contribution is 2.43. The number of nitrogens with zero attached hydrogens (tertiary/aromatic N) is 1. The van der Waals surface area contributed by atoms with E-state index in [1.165, 1.54) is 96.4 Å². The number of rotatable bonds is 2. The van der Waals surface area contributed by atoms with E-state index in [4.69, 9.17) is 4.99 Å². The van der Waals surface area contributed by atoms with Crippen LogP contribution < -0.4 is 0 Å². The Balaban J connectivity index is 0.000000645. The molecule has 1 aromatic heterocycles. The third-order valence-electron chi connectivity index (χ3n) is 6.55. The quantitative estimate of drug-likeness (QED) is 0.509. The van der Waals surface area contributed by atoms with Crippen molar-refractivity contribution in [3.05, 3.63) is 75.3 Å². The maximum Gasteiger partial charge on any atom is 0.0767 e. The fourth-order valence-corrected chi connectivity index (χ4v) is 5.23. The first-order chi connectivity index (χ1) is 15.2. The molecular weight excluding hydrogens is 376 g/mol. The molecule has 2 aromatic rings. The van der Waals surface area contributed by atoms with Gasteiger partial charge in [0.2, 0.25) is 0 Å². The lowest BCUT2D eigenvalue weighted by molar-refractivity contribution is 0.686. The number of hydrogen-bond donors (Lipinski definition) is 1. The van der Waals surface area contributed by atoms with Crippen molar-refractivity contribution in [2.75, 3.05) is 0 Å². The summed E-state index contributed by atoms with van der Waals surface area (Å²) in [6, 6.07) is 10.9. The van der Waals surface area contributed by atoms with Crippen molar-refractivity contribution >= 4 is 11.3 Å². The van der Waals surface area contributed by atoms with Gasteiger partial charge >= 0.3 is 0 Å². The van der Waals surface area contributed by atoms with Gasteiger partial charge in [-0.05, 0) is 93.1 Å². The molecule has 0 atom stereocenters. The largest absolute Gasteiger partial charge is 0.358 e. The predicted molar refractivity (Wildman–Crippen MR) is 136 cm³/mol. The predicted octanol–water partition coefficient (Wildman–Crippen LogP) is 8.36. The Hall–Kier alpha value is -2.35. The molecule has 0 fully saturated rings. The smallest absolute Gasteiger partial charge is 0.0767 e. The van der Waals surface area contributed by atoms with Gasteiger partial charge < -0.3 is 4.98 Å². The van der Waals surface area contributed by atoms with E-state index in [1.807, 2.05) is 27.7 Å². The summed E-state index contributed by atoms with van der Waals surface area (Å²) in [5, 5.41) is 0. The highest BCUT2D eigenvalue weighted by Gasteiger charge is 2.29. The van der Waals surface area contributed by atoms with Crippen LogP contribution in [0.5, 0.6) is 0 Å². The molecule has 1 aliphatic heterocycles. The summed E-state index contributed by atoms with van der Waals surface area (Å²) >= 11 is 0. The molecule has 0 saturated heterocycles. The van der Waals surface area contributed by atoms with Gasteiger partial charge in [-0.2, -0.15) is 0 Å². The lowest BCUT2D eigenvalue weighted by Crippen LogP contribution is -2.05. The van der Waals surface area contributed by atoms with E-state index >= 15 is 0 Å². The van der Waals surface area contributed by atoms with Gasteiger partial charge in [-0.15, -0.1) is 0 Å². The van der Waals surface area contributed by atoms with Crippen LogP contribution in [0.1, 0.15) is 101 Å². The van der Waals surface area contributed by atoms with Crippen molar-refractivity contribution in [2.45, 2.75) is 92.9 Å². The number of nitrogens with one attached hydrogen (secondary N) is 1. The second-order valence-corrected chi connectivity index (χ2v) is 8.24. The molecular formula is C29H40N2. The molecule has 31 heavy (non-hydrogen) atoms. The summed E-state index contributed by atoms with van der Waals surface area (Å²) in [5.41, 5.74) is 13.9. The molecule has 166 valence electrons. The van der Waals surface area contributed by atoms with Crippen LogP contribution in [0.3, 0.4) is 0 Å². The maximum atomic E-state index is 5.15. The van der Waals surface area contributed by atoms with Crippen LogP contribution in [-0.4, -0.2) is 10.7 Å². The number of aryl methyl sites for hydroxylation is 1. The monoisotopic (exact) mass is 416 g/mol. The zero-order chi connectivity index (χ0) is 22.4. The number of aliphatic imine (C=N–C) groups is 1. The summed E-state index contributed by atoms with van der Waals surface area (Å²) in [7, 11) is 0. The van der Waals surface area contributed by atoms with Crippen molar-refractivity contribution < 1.29 is 0 Å². The van der Waals surface area contributed by atoms with Crippen molar-refractivity contribution in [2.24, 2.45) is 4.99 Å². The first-order valence-electron chi connectivity index (χ1n) is 12.5. The fourth-order valence-electron chi connectivity index (χ4n) is 5.23. The molecule has 3 aliphatic rings. The van der Waals surface area contributed by atoms with Crippen molar-refractivity contribution in [3.63, 3.8) is 0 Å². The Morgan fingerprint density at radius 1 is 0.742 bits per heavy atom. The molecule has 0 amide bonds. The van der Waals surface area contributed by atoms with Crippen molar-refractivity contribution in [3.8, 4) is 0 Å². The Bertz CT molecular complexity index is 983. The lowest BCUT2D eigenvalue weighted by atomic mass is 9.85. The second kappa shape index (κ2) is 10.8. The molecule has 0 bridgehead atoms. The van der Waals surface area contributed by atoms with Crippen LogP contribution in [0, 0.1) is 6.92 Å². The van der Waals surface area contributed by atoms with Crippen LogP contribution >= 0.6 is 0 Å². The van der Waals surface area contributed by atoms with E-state index < -0.39 is 0 Å². The van der Waals surface area contributed by atoms with Gasteiger partial charge in [0.25, 0.3) is 0 Å². The Morgan fingerprint density at radius 3 is 2.00 bits per heavy atom. The minimum Gasteiger partial charge on any atom is -0.358 e. The first-order valence-corrected chi connectivity index (χ1v) is 12.5. The maximum absolute atomic E-state index is 5.15. The molecule has 0 saturated carbocycles. The van der Waals surface area contributed by atoms with Gasteiger partial charge in [0.15, 0.2) is 0 Å². The van der Waals surface area contributed by atoms with Crippen LogP contribution in [0.15, 0.2) is 52.2 Å². The average Bonchev–Trinajstić information content (AvgIpc) is 3.35. The topological polar surface area (TPSA) is 28.1 Å². The number of H-pyrrole nitrogens is 1.